The molecule has 0 aliphatic carbocycles. The topological polar surface area (TPSA) is 84.8 Å². The molecule has 196 valence electrons. The van der Waals surface area contributed by atoms with Gasteiger partial charge in [0.2, 0.25) is 0 Å². The van der Waals surface area contributed by atoms with Gasteiger partial charge >= 0.3 is 0 Å². The van der Waals surface area contributed by atoms with Crippen LogP contribution < -0.4 is 4.74 Å². The summed E-state index contributed by atoms with van der Waals surface area (Å²) in [6.07, 6.45) is 4.24. The van der Waals surface area contributed by atoms with E-state index < -0.39 is 0 Å². The summed E-state index contributed by atoms with van der Waals surface area (Å²) < 4.78 is 38.2. The molecule has 8 heteroatoms. The second-order valence-electron chi connectivity index (χ2n) is 7.63. The van der Waals surface area contributed by atoms with Gasteiger partial charge in [-0.3, -0.25) is 0 Å². The molecule has 8 nitrogen and oxygen atoms in total. The lowest BCUT2D eigenvalue weighted by Gasteiger charge is -2.09. The molecule has 0 spiro atoms. The van der Waals surface area contributed by atoms with Gasteiger partial charge in [0.15, 0.2) is 0 Å². The summed E-state index contributed by atoms with van der Waals surface area (Å²) in [5.41, 5.74) is 1.28. The molecule has 0 saturated carbocycles. The quantitative estimate of drug-likeness (QED) is 0.167. The van der Waals surface area contributed by atoms with Gasteiger partial charge in [-0.15, -0.1) is 6.58 Å². The zero-order chi connectivity index (χ0) is 24.5. The van der Waals surface area contributed by atoms with E-state index in [2.05, 4.69) is 18.7 Å². The Kier molecular flexibility index (Phi) is 20.8. The Morgan fingerprint density at radius 1 is 0.676 bits per heavy atom. The van der Waals surface area contributed by atoms with Crippen LogP contribution >= 0.6 is 0 Å². The number of hydrogen-bond donors (Lipinski definition) is 1. The molecule has 0 aliphatic heterocycles. The Morgan fingerprint density at radius 3 is 1.50 bits per heavy atom. The lowest BCUT2D eigenvalue weighted by molar-refractivity contribution is -0.0187. The number of hydrogen-bond acceptors (Lipinski definition) is 8. The molecule has 0 bridgehead atoms. The van der Waals surface area contributed by atoms with Crippen LogP contribution in [0.4, 0.5) is 0 Å². The van der Waals surface area contributed by atoms with E-state index in [1.165, 1.54) is 5.56 Å². The lowest BCUT2D eigenvalue weighted by Crippen LogP contribution is -2.15. The number of ether oxygens (including phenoxy) is 7. The molecule has 1 aromatic rings. The van der Waals surface area contributed by atoms with Gasteiger partial charge in [0.05, 0.1) is 78.8 Å². The summed E-state index contributed by atoms with van der Waals surface area (Å²) in [4.78, 5) is 0. The molecule has 0 heterocycles. The number of allylic oxidation sites excluding steroid dienone is 1. The van der Waals surface area contributed by atoms with Crippen molar-refractivity contribution >= 4 is 0 Å². The van der Waals surface area contributed by atoms with Crippen LogP contribution in [0.3, 0.4) is 0 Å². The summed E-state index contributed by atoms with van der Waals surface area (Å²) in [5, 5.41) is 9.10. The SMILES string of the molecule is C=CCCc1ccc(OCCOCCOCCOCCOCCOCCOCCC(C)O)cc1. The van der Waals surface area contributed by atoms with Crippen LogP contribution in [0.2, 0.25) is 0 Å². The maximum atomic E-state index is 9.10. The van der Waals surface area contributed by atoms with E-state index in [1.807, 2.05) is 18.2 Å². The smallest absolute Gasteiger partial charge is 0.119 e. The highest BCUT2D eigenvalue weighted by molar-refractivity contribution is 5.27. The van der Waals surface area contributed by atoms with Crippen LogP contribution in [-0.4, -0.2) is 97.1 Å². The third kappa shape index (κ3) is 19.9. The highest BCUT2D eigenvalue weighted by Gasteiger charge is 1.98. The molecule has 1 aromatic carbocycles. The van der Waals surface area contributed by atoms with Crippen molar-refractivity contribution in [1.82, 2.24) is 0 Å². The minimum absolute atomic E-state index is 0.324. The minimum atomic E-state index is -0.324. The fraction of sp³-hybridized carbons (Fsp3) is 0.692. The largest absolute Gasteiger partial charge is 0.491 e. The van der Waals surface area contributed by atoms with Gasteiger partial charge in [-0.2, -0.15) is 0 Å². The Labute approximate surface area is 205 Å². The van der Waals surface area contributed by atoms with Crippen molar-refractivity contribution in [3.63, 3.8) is 0 Å². The first-order chi connectivity index (χ1) is 16.7. The van der Waals surface area contributed by atoms with Crippen LogP contribution in [0.15, 0.2) is 36.9 Å². The monoisotopic (exact) mass is 484 g/mol. The molecule has 0 fully saturated rings. The average Bonchev–Trinajstić information content (AvgIpc) is 2.84. The second-order valence-corrected chi connectivity index (χ2v) is 7.63. The van der Waals surface area contributed by atoms with Gasteiger partial charge in [0.25, 0.3) is 0 Å². The number of rotatable bonds is 25. The second kappa shape index (κ2) is 23.2. The fourth-order valence-corrected chi connectivity index (χ4v) is 2.70. The summed E-state index contributed by atoms with van der Waals surface area (Å²) in [6, 6.07) is 8.13. The normalized spacial score (nSPS) is 12.1. The zero-order valence-electron chi connectivity index (χ0n) is 20.8. The predicted molar refractivity (Wildman–Crippen MR) is 132 cm³/mol. The molecule has 1 rings (SSSR count). The van der Waals surface area contributed by atoms with E-state index in [0.29, 0.717) is 92.3 Å². The van der Waals surface area contributed by atoms with Crippen LogP contribution in [0.5, 0.6) is 5.75 Å². The Balaban J connectivity index is 1.74. The van der Waals surface area contributed by atoms with Gasteiger partial charge in [0.1, 0.15) is 12.4 Å². The van der Waals surface area contributed by atoms with Crippen LogP contribution in [0.25, 0.3) is 0 Å². The fourth-order valence-electron chi connectivity index (χ4n) is 2.70. The van der Waals surface area contributed by atoms with Crippen molar-refractivity contribution in [3.8, 4) is 5.75 Å². The highest BCUT2D eigenvalue weighted by Crippen LogP contribution is 2.13. The first-order valence-corrected chi connectivity index (χ1v) is 12.2. The number of aliphatic hydroxyl groups excluding tert-OH is 1. The maximum Gasteiger partial charge on any atom is 0.119 e. The minimum Gasteiger partial charge on any atom is -0.491 e. The highest BCUT2D eigenvalue weighted by atomic mass is 16.6. The van der Waals surface area contributed by atoms with Gasteiger partial charge in [0, 0.05) is 6.61 Å². The molecule has 0 radical (unpaired) electrons. The van der Waals surface area contributed by atoms with Crippen molar-refractivity contribution in [2.45, 2.75) is 32.3 Å². The average molecular weight is 485 g/mol. The summed E-state index contributed by atoms with van der Waals surface area (Å²) >= 11 is 0. The van der Waals surface area contributed by atoms with Crippen molar-refractivity contribution < 1.29 is 38.3 Å². The van der Waals surface area contributed by atoms with Crippen LogP contribution in [0, 0.1) is 0 Å². The summed E-state index contributed by atoms with van der Waals surface area (Å²) in [7, 11) is 0. The van der Waals surface area contributed by atoms with Crippen molar-refractivity contribution in [3.05, 3.63) is 42.5 Å². The molecular formula is C26H44O8. The molecule has 0 amide bonds. The third-order valence-corrected chi connectivity index (χ3v) is 4.60. The van der Waals surface area contributed by atoms with Crippen molar-refractivity contribution in [1.29, 1.82) is 0 Å². The number of aryl methyl sites for hydroxylation is 1. The summed E-state index contributed by atoms with van der Waals surface area (Å²) in [6.45, 7) is 12.3. The molecule has 0 aliphatic rings. The summed E-state index contributed by atoms with van der Waals surface area (Å²) in [5.74, 6) is 0.852. The molecule has 1 N–H and O–H groups in total. The third-order valence-electron chi connectivity index (χ3n) is 4.60. The van der Waals surface area contributed by atoms with Gasteiger partial charge < -0.3 is 38.3 Å². The van der Waals surface area contributed by atoms with Crippen LogP contribution in [0.1, 0.15) is 25.3 Å². The van der Waals surface area contributed by atoms with Crippen LogP contribution in [-0.2, 0) is 34.8 Å². The maximum absolute atomic E-state index is 9.10. The van der Waals surface area contributed by atoms with E-state index in [4.69, 9.17) is 38.3 Å². The van der Waals surface area contributed by atoms with Crippen molar-refractivity contribution in [2.75, 3.05) is 85.9 Å². The molecule has 1 atom stereocenters. The Hall–Kier alpha value is -1.52. The van der Waals surface area contributed by atoms with Crippen molar-refractivity contribution in [2.24, 2.45) is 0 Å². The zero-order valence-corrected chi connectivity index (χ0v) is 20.8. The Morgan fingerprint density at radius 2 is 1.09 bits per heavy atom. The van der Waals surface area contributed by atoms with Gasteiger partial charge in [-0.1, -0.05) is 18.2 Å². The lowest BCUT2D eigenvalue weighted by atomic mass is 10.1. The van der Waals surface area contributed by atoms with Gasteiger partial charge in [-0.05, 0) is 43.9 Å². The first-order valence-electron chi connectivity index (χ1n) is 12.2. The molecule has 34 heavy (non-hydrogen) atoms. The van der Waals surface area contributed by atoms with E-state index in [9.17, 15) is 0 Å². The first kappa shape index (κ1) is 30.5. The molecular weight excluding hydrogens is 440 g/mol. The van der Waals surface area contributed by atoms with E-state index in [1.54, 1.807) is 6.92 Å². The molecule has 0 saturated heterocycles. The van der Waals surface area contributed by atoms with E-state index >= 15 is 0 Å². The molecule has 1 unspecified atom stereocenters. The number of aliphatic hydroxyl groups is 1. The Bertz CT molecular complexity index is 564. The van der Waals surface area contributed by atoms with E-state index in [0.717, 1.165) is 18.6 Å². The van der Waals surface area contributed by atoms with Gasteiger partial charge in [-0.25, -0.2) is 0 Å². The predicted octanol–water partition coefficient (Wildman–Crippen LogP) is 3.05. The standard InChI is InChI=1S/C26H44O8/c1-3-4-5-25-6-8-26(9-7-25)34-23-22-33-21-20-32-19-18-31-17-16-30-15-14-29-13-12-28-11-10-24(2)27/h3,6-9,24,27H,1,4-5,10-23H2,2H3. The number of benzene rings is 1. The molecule has 0 aromatic heterocycles. The van der Waals surface area contributed by atoms with E-state index in [-0.39, 0.29) is 6.10 Å².